The molecule has 4 aromatic rings. The van der Waals surface area contributed by atoms with E-state index in [1.165, 1.54) is 16.2 Å². The summed E-state index contributed by atoms with van der Waals surface area (Å²) < 4.78 is 18.0. The number of aromatic nitrogens is 1. The van der Waals surface area contributed by atoms with Crippen LogP contribution in [0.5, 0.6) is 17.2 Å². The maximum atomic E-state index is 13.6. The molecule has 1 amide bonds. The summed E-state index contributed by atoms with van der Waals surface area (Å²) in [4.78, 5) is 33.2. The van der Waals surface area contributed by atoms with Crippen molar-refractivity contribution in [1.82, 2.24) is 4.98 Å². The SMILES string of the molecule is CCCCCOc1ccc(C2/C(=C(\O)c3ccccc3)C(=O)C(=O)N2c2nc3ccc(OCC)cc3s2)cc1OC. The van der Waals surface area contributed by atoms with Gasteiger partial charge in [0.15, 0.2) is 16.6 Å². The molecular formula is C32H32N2O6S. The Bertz CT molecular complexity index is 1600. The molecule has 0 aliphatic carbocycles. The standard InChI is InChI=1S/C32H32N2O6S/c1-4-6-10-17-40-24-16-13-21(18-25(24)38-3)28-27(29(35)20-11-8-7-9-12-20)30(36)31(37)34(28)32-33-23-15-14-22(39-5-2)19-26(23)41-32/h7-9,11-16,18-19,28,35H,4-6,10,17H2,1-3H3/b29-27+. The minimum absolute atomic E-state index is 0.0193. The molecule has 0 radical (unpaired) electrons. The Balaban J connectivity index is 1.63. The average Bonchev–Trinajstić information content (AvgIpc) is 3.53. The molecule has 1 saturated heterocycles. The van der Waals surface area contributed by atoms with Gasteiger partial charge in [0.05, 0.1) is 42.2 Å². The molecule has 1 aromatic heterocycles. The van der Waals surface area contributed by atoms with Crippen LogP contribution in [0, 0.1) is 0 Å². The van der Waals surface area contributed by atoms with E-state index >= 15 is 0 Å². The van der Waals surface area contributed by atoms with Gasteiger partial charge >= 0.3 is 5.91 Å². The second-order valence-corrected chi connectivity index (χ2v) is 10.6. The van der Waals surface area contributed by atoms with Crippen LogP contribution in [0.15, 0.2) is 72.3 Å². The Morgan fingerprint density at radius 3 is 2.51 bits per heavy atom. The molecule has 1 N–H and O–H groups in total. The van der Waals surface area contributed by atoms with Crippen molar-refractivity contribution < 1.29 is 28.9 Å². The largest absolute Gasteiger partial charge is 0.507 e. The summed E-state index contributed by atoms with van der Waals surface area (Å²) in [6.45, 7) is 5.10. The Hall–Kier alpha value is -4.37. The Morgan fingerprint density at radius 2 is 1.78 bits per heavy atom. The summed E-state index contributed by atoms with van der Waals surface area (Å²) in [5.41, 5.74) is 1.66. The minimum Gasteiger partial charge on any atom is -0.507 e. The Morgan fingerprint density at radius 1 is 0.976 bits per heavy atom. The molecular weight excluding hydrogens is 540 g/mol. The van der Waals surface area contributed by atoms with Gasteiger partial charge < -0.3 is 19.3 Å². The number of fused-ring (bicyclic) bond motifs is 1. The molecule has 1 unspecified atom stereocenters. The Kier molecular flexibility index (Phi) is 8.54. The van der Waals surface area contributed by atoms with E-state index in [2.05, 4.69) is 6.92 Å². The van der Waals surface area contributed by atoms with Gasteiger partial charge in [-0.1, -0.05) is 67.5 Å². The zero-order chi connectivity index (χ0) is 28.9. The summed E-state index contributed by atoms with van der Waals surface area (Å²) in [5.74, 6) is -0.0853. The molecule has 1 aliphatic rings. The van der Waals surface area contributed by atoms with Crippen LogP contribution in [-0.2, 0) is 9.59 Å². The lowest BCUT2D eigenvalue weighted by Crippen LogP contribution is -2.29. The van der Waals surface area contributed by atoms with E-state index in [-0.39, 0.29) is 11.3 Å². The first-order chi connectivity index (χ1) is 20.0. The van der Waals surface area contributed by atoms with Gasteiger partial charge in [-0.3, -0.25) is 14.5 Å². The summed E-state index contributed by atoms with van der Waals surface area (Å²) in [6.07, 6.45) is 3.06. The van der Waals surface area contributed by atoms with E-state index in [0.717, 1.165) is 24.0 Å². The number of Topliss-reactive ketones (excluding diaryl/α,β-unsaturated/α-hetero) is 1. The molecule has 41 heavy (non-hydrogen) atoms. The number of thiazole rings is 1. The highest BCUT2D eigenvalue weighted by Gasteiger charge is 2.48. The zero-order valence-electron chi connectivity index (χ0n) is 23.3. The number of nitrogens with zero attached hydrogens (tertiary/aromatic N) is 2. The second kappa shape index (κ2) is 12.4. The molecule has 2 heterocycles. The van der Waals surface area contributed by atoms with Crippen LogP contribution in [0.1, 0.15) is 50.3 Å². The Labute approximate surface area is 242 Å². The van der Waals surface area contributed by atoms with E-state index in [1.807, 2.05) is 31.2 Å². The van der Waals surface area contributed by atoms with Crippen LogP contribution in [-0.4, -0.2) is 42.1 Å². The number of benzene rings is 3. The number of ether oxygens (including phenoxy) is 3. The van der Waals surface area contributed by atoms with Gasteiger partial charge in [0, 0.05) is 5.56 Å². The van der Waals surface area contributed by atoms with E-state index in [4.69, 9.17) is 19.2 Å². The number of aliphatic hydroxyl groups excluding tert-OH is 1. The monoisotopic (exact) mass is 572 g/mol. The molecule has 1 atom stereocenters. The third-order valence-electron chi connectivity index (χ3n) is 6.87. The number of rotatable bonds is 11. The first-order valence-corrected chi connectivity index (χ1v) is 14.5. The van der Waals surface area contributed by atoms with Crippen molar-refractivity contribution in [2.24, 2.45) is 0 Å². The number of hydrogen-bond acceptors (Lipinski definition) is 8. The highest BCUT2D eigenvalue weighted by Crippen LogP contribution is 2.46. The van der Waals surface area contributed by atoms with Crippen molar-refractivity contribution in [2.75, 3.05) is 25.2 Å². The molecule has 1 fully saturated rings. The molecule has 5 rings (SSSR count). The summed E-state index contributed by atoms with van der Waals surface area (Å²) in [5, 5.41) is 11.7. The number of ketones is 1. The fourth-order valence-electron chi connectivity index (χ4n) is 4.86. The van der Waals surface area contributed by atoms with Crippen molar-refractivity contribution in [3.63, 3.8) is 0 Å². The molecule has 3 aromatic carbocycles. The first kappa shape index (κ1) is 28.2. The lowest BCUT2D eigenvalue weighted by atomic mass is 9.95. The van der Waals surface area contributed by atoms with Crippen molar-refractivity contribution in [1.29, 1.82) is 0 Å². The maximum Gasteiger partial charge on any atom is 0.301 e. The minimum atomic E-state index is -0.940. The molecule has 9 heteroatoms. The number of aliphatic hydroxyl groups is 1. The number of carbonyl (C=O) groups is 2. The highest BCUT2D eigenvalue weighted by molar-refractivity contribution is 7.22. The van der Waals surface area contributed by atoms with Gasteiger partial charge in [0.1, 0.15) is 11.5 Å². The predicted octanol–water partition coefficient (Wildman–Crippen LogP) is 6.90. The summed E-state index contributed by atoms with van der Waals surface area (Å²) in [6, 6.07) is 18.6. The second-order valence-electron chi connectivity index (χ2n) is 9.56. The van der Waals surface area contributed by atoms with Crippen LogP contribution in [0.25, 0.3) is 16.0 Å². The van der Waals surface area contributed by atoms with Crippen LogP contribution in [0.2, 0.25) is 0 Å². The molecule has 0 bridgehead atoms. The fourth-order valence-corrected chi connectivity index (χ4v) is 5.88. The van der Waals surface area contributed by atoms with Gasteiger partial charge in [-0.15, -0.1) is 0 Å². The highest BCUT2D eigenvalue weighted by atomic mass is 32.1. The molecule has 8 nitrogen and oxygen atoms in total. The van der Waals surface area contributed by atoms with Crippen molar-refractivity contribution in [3.8, 4) is 17.2 Å². The predicted molar refractivity (Wildman–Crippen MR) is 160 cm³/mol. The number of methoxy groups -OCH3 is 1. The summed E-state index contributed by atoms with van der Waals surface area (Å²) in [7, 11) is 1.54. The van der Waals surface area contributed by atoms with Crippen LogP contribution in [0.4, 0.5) is 5.13 Å². The van der Waals surface area contributed by atoms with E-state index in [0.29, 0.717) is 52.2 Å². The maximum absolute atomic E-state index is 13.6. The van der Waals surface area contributed by atoms with E-state index < -0.39 is 17.7 Å². The summed E-state index contributed by atoms with van der Waals surface area (Å²) >= 11 is 1.28. The van der Waals surface area contributed by atoms with Crippen LogP contribution in [0.3, 0.4) is 0 Å². The van der Waals surface area contributed by atoms with Crippen molar-refractivity contribution in [2.45, 2.75) is 39.2 Å². The van der Waals surface area contributed by atoms with Crippen molar-refractivity contribution in [3.05, 3.63) is 83.4 Å². The number of amides is 1. The molecule has 0 spiro atoms. The number of unbranched alkanes of at least 4 members (excludes halogenated alkanes) is 2. The number of carbonyl (C=O) groups excluding carboxylic acids is 2. The normalized spacial score (nSPS) is 16.4. The van der Waals surface area contributed by atoms with Crippen LogP contribution >= 0.6 is 11.3 Å². The third-order valence-corrected chi connectivity index (χ3v) is 7.88. The van der Waals surface area contributed by atoms with Gasteiger partial charge in [-0.2, -0.15) is 0 Å². The van der Waals surface area contributed by atoms with Gasteiger partial charge in [-0.25, -0.2) is 4.98 Å². The third kappa shape index (κ3) is 5.63. The molecule has 0 saturated carbocycles. The van der Waals surface area contributed by atoms with E-state index in [1.54, 1.807) is 49.6 Å². The quantitative estimate of drug-likeness (QED) is 0.0904. The number of anilines is 1. The smallest absolute Gasteiger partial charge is 0.301 e. The first-order valence-electron chi connectivity index (χ1n) is 13.7. The lowest BCUT2D eigenvalue weighted by molar-refractivity contribution is -0.132. The van der Waals surface area contributed by atoms with Crippen LogP contribution < -0.4 is 19.1 Å². The molecule has 1 aliphatic heterocycles. The lowest BCUT2D eigenvalue weighted by Gasteiger charge is -2.24. The molecule has 212 valence electrons. The topological polar surface area (TPSA) is 98.2 Å². The van der Waals surface area contributed by atoms with Gasteiger partial charge in [0.2, 0.25) is 0 Å². The van der Waals surface area contributed by atoms with Crippen molar-refractivity contribution >= 4 is 44.1 Å². The van der Waals surface area contributed by atoms with Gasteiger partial charge in [-0.05, 0) is 49.2 Å². The number of hydrogen-bond donors (Lipinski definition) is 1. The zero-order valence-corrected chi connectivity index (χ0v) is 24.1. The van der Waals surface area contributed by atoms with E-state index in [9.17, 15) is 14.7 Å². The fraction of sp³-hybridized carbons (Fsp3) is 0.281. The van der Waals surface area contributed by atoms with Gasteiger partial charge in [0.25, 0.3) is 5.78 Å². The average molecular weight is 573 g/mol.